The smallest absolute Gasteiger partial charge is 0.224 e. The van der Waals surface area contributed by atoms with Crippen LogP contribution in [0.15, 0.2) is 0 Å². The Balaban J connectivity index is 1.86. The van der Waals surface area contributed by atoms with Crippen molar-refractivity contribution in [3.8, 4) is 0 Å². The molecule has 3 N–H and O–H groups in total. The lowest BCUT2D eigenvalue weighted by atomic mass is 10.0. The van der Waals surface area contributed by atoms with Crippen LogP contribution in [0.5, 0.6) is 0 Å². The lowest BCUT2D eigenvalue weighted by molar-refractivity contribution is -0.126. The van der Waals surface area contributed by atoms with Crippen LogP contribution in [-0.4, -0.2) is 42.4 Å². The van der Waals surface area contributed by atoms with Crippen LogP contribution in [-0.2, 0) is 9.59 Å². The van der Waals surface area contributed by atoms with E-state index in [9.17, 15) is 9.59 Å². The number of hydrogen-bond acceptors (Lipinski definition) is 3. The van der Waals surface area contributed by atoms with E-state index in [1.54, 1.807) is 11.9 Å². The summed E-state index contributed by atoms with van der Waals surface area (Å²) in [5, 5.41) is 2.93. The molecule has 2 rings (SSSR count). The lowest BCUT2D eigenvalue weighted by Crippen LogP contribution is -2.44. The summed E-state index contributed by atoms with van der Waals surface area (Å²) in [7, 11) is 1.76. The number of carbonyl (C=O) groups excluding carboxylic acids is 2. The molecular formula is C11H19N3O2. The summed E-state index contributed by atoms with van der Waals surface area (Å²) >= 11 is 0. The van der Waals surface area contributed by atoms with Gasteiger partial charge in [0.1, 0.15) is 0 Å². The number of hydrogen-bond donors (Lipinski definition) is 2. The van der Waals surface area contributed by atoms with Crippen LogP contribution in [0.3, 0.4) is 0 Å². The first-order valence-corrected chi connectivity index (χ1v) is 5.88. The fourth-order valence-corrected chi connectivity index (χ4v) is 2.58. The van der Waals surface area contributed by atoms with E-state index in [2.05, 4.69) is 5.32 Å². The topological polar surface area (TPSA) is 75.4 Å². The standard InChI is InChI=1S/C11H19N3O2/c1-14-6-7(5-10(14)15)13-11(16)8-3-2-4-9(8)12/h7-9H,2-6,12H2,1H3,(H,13,16). The van der Waals surface area contributed by atoms with Crippen molar-refractivity contribution in [2.45, 2.75) is 37.8 Å². The Labute approximate surface area is 95.3 Å². The Hall–Kier alpha value is -1.10. The zero-order valence-corrected chi connectivity index (χ0v) is 9.61. The van der Waals surface area contributed by atoms with E-state index < -0.39 is 0 Å². The van der Waals surface area contributed by atoms with Gasteiger partial charge >= 0.3 is 0 Å². The second-order valence-corrected chi connectivity index (χ2v) is 4.89. The minimum atomic E-state index is -0.0546. The Bertz CT molecular complexity index is 306. The summed E-state index contributed by atoms with van der Waals surface area (Å²) in [5.74, 6) is 0.0696. The molecule has 5 heteroatoms. The van der Waals surface area contributed by atoms with Gasteiger partial charge in [0.05, 0.1) is 12.0 Å². The quantitative estimate of drug-likeness (QED) is 0.663. The minimum absolute atomic E-state index is 0.00478. The van der Waals surface area contributed by atoms with E-state index in [1.807, 2.05) is 0 Å². The minimum Gasteiger partial charge on any atom is -0.351 e. The van der Waals surface area contributed by atoms with Crippen molar-refractivity contribution < 1.29 is 9.59 Å². The number of nitrogens with two attached hydrogens (primary N) is 1. The fraction of sp³-hybridized carbons (Fsp3) is 0.818. The second kappa shape index (κ2) is 4.41. The SMILES string of the molecule is CN1CC(NC(=O)C2CCCC2N)CC1=O. The highest BCUT2D eigenvalue weighted by Crippen LogP contribution is 2.24. The van der Waals surface area contributed by atoms with Crippen molar-refractivity contribution >= 4 is 11.8 Å². The molecule has 5 nitrogen and oxygen atoms in total. The summed E-state index contributed by atoms with van der Waals surface area (Å²) in [4.78, 5) is 24.9. The molecule has 1 saturated carbocycles. The molecule has 2 aliphatic rings. The first kappa shape index (κ1) is 11.4. The average Bonchev–Trinajstić information content (AvgIpc) is 2.74. The summed E-state index contributed by atoms with van der Waals surface area (Å²) in [6.07, 6.45) is 3.26. The molecule has 1 aliphatic carbocycles. The molecule has 3 unspecified atom stereocenters. The van der Waals surface area contributed by atoms with Crippen LogP contribution in [0.1, 0.15) is 25.7 Å². The molecular weight excluding hydrogens is 206 g/mol. The van der Waals surface area contributed by atoms with Crippen LogP contribution in [0, 0.1) is 5.92 Å². The van der Waals surface area contributed by atoms with Gasteiger partial charge in [-0.05, 0) is 12.8 Å². The average molecular weight is 225 g/mol. The summed E-state index contributed by atoms with van der Waals surface area (Å²) in [6.45, 7) is 0.618. The van der Waals surface area contributed by atoms with Crippen molar-refractivity contribution in [1.29, 1.82) is 0 Å². The Morgan fingerprint density at radius 3 is 2.75 bits per heavy atom. The van der Waals surface area contributed by atoms with Crippen molar-refractivity contribution in [3.63, 3.8) is 0 Å². The van der Waals surface area contributed by atoms with Gasteiger partial charge < -0.3 is 16.0 Å². The van der Waals surface area contributed by atoms with Gasteiger partial charge in [-0.1, -0.05) is 6.42 Å². The summed E-state index contributed by atoms with van der Waals surface area (Å²) in [5.41, 5.74) is 5.87. The van der Waals surface area contributed by atoms with Crippen LogP contribution in [0.2, 0.25) is 0 Å². The van der Waals surface area contributed by atoms with Gasteiger partial charge in [-0.3, -0.25) is 9.59 Å². The number of rotatable bonds is 2. The number of amides is 2. The Kier molecular flexibility index (Phi) is 3.14. The van der Waals surface area contributed by atoms with Gasteiger partial charge in [0.15, 0.2) is 0 Å². The maximum Gasteiger partial charge on any atom is 0.224 e. The molecule has 3 atom stereocenters. The van der Waals surface area contributed by atoms with E-state index >= 15 is 0 Å². The number of nitrogens with one attached hydrogen (secondary N) is 1. The van der Waals surface area contributed by atoms with Crippen LogP contribution in [0.25, 0.3) is 0 Å². The number of carbonyl (C=O) groups is 2. The molecule has 90 valence electrons. The molecule has 16 heavy (non-hydrogen) atoms. The molecule has 0 aromatic carbocycles. The first-order valence-electron chi connectivity index (χ1n) is 5.88. The molecule has 0 aromatic rings. The van der Waals surface area contributed by atoms with Crippen LogP contribution >= 0.6 is 0 Å². The van der Waals surface area contributed by atoms with Crippen LogP contribution in [0.4, 0.5) is 0 Å². The first-order chi connectivity index (χ1) is 7.58. The van der Waals surface area contributed by atoms with Crippen molar-refractivity contribution in [2.75, 3.05) is 13.6 Å². The third-order valence-electron chi connectivity index (χ3n) is 3.59. The molecule has 1 aliphatic heterocycles. The molecule has 2 fully saturated rings. The maximum absolute atomic E-state index is 11.9. The summed E-state index contributed by atoms with van der Waals surface area (Å²) < 4.78 is 0. The lowest BCUT2D eigenvalue weighted by Gasteiger charge is -2.18. The second-order valence-electron chi connectivity index (χ2n) is 4.89. The van der Waals surface area contributed by atoms with Crippen molar-refractivity contribution in [2.24, 2.45) is 11.7 Å². The monoisotopic (exact) mass is 225 g/mol. The predicted molar refractivity (Wildman–Crippen MR) is 59.5 cm³/mol. The largest absolute Gasteiger partial charge is 0.351 e. The molecule has 0 radical (unpaired) electrons. The van der Waals surface area contributed by atoms with Gasteiger partial charge in [-0.15, -0.1) is 0 Å². The fourth-order valence-electron chi connectivity index (χ4n) is 2.58. The zero-order valence-electron chi connectivity index (χ0n) is 9.61. The van der Waals surface area contributed by atoms with E-state index in [0.29, 0.717) is 13.0 Å². The highest BCUT2D eigenvalue weighted by atomic mass is 16.2. The third kappa shape index (κ3) is 2.19. The molecule has 2 amide bonds. The maximum atomic E-state index is 11.9. The molecule has 1 saturated heterocycles. The summed E-state index contributed by atoms with van der Waals surface area (Å²) in [6, 6.07) is -0.0346. The van der Waals surface area contributed by atoms with Gasteiger partial charge in [0.2, 0.25) is 11.8 Å². The number of nitrogens with zero attached hydrogens (tertiary/aromatic N) is 1. The van der Waals surface area contributed by atoms with Gasteiger partial charge in [-0.25, -0.2) is 0 Å². The highest BCUT2D eigenvalue weighted by Gasteiger charge is 2.34. The zero-order chi connectivity index (χ0) is 11.7. The van der Waals surface area contributed by atoms with Crippen molar-refractivity contribution in [3.05, 3.63) is 0 Å². The highest BCUT2D eigenvalue weighted by molar-refractivity contribution is 5.83. The number of likely N-dealkylation sites (tertiary alicyclic amines) is 1. The van der Waals surface area contributed by atoms with Gasteiger partial charge in [0, 0.05) is 26.1 Å². The molecule has 1 heterocycles. The third-order valence-corrected chi connectivity index (χ3v) is 3.59. The molecule has 0 aromatic heterocycles. The van der Waals surface area contributed by atoms with E-state index in [1.165, 1.54) is 0 Å². The molecule has 0 bridgehead atoms. The molecule has 0 spiro atoms. The van der Waals surface area contributed by atoms with Crippen LogP contribution < -0.4 is 11.1 Å². The van der Waals surface area contributed by atoms with E-state index in [-0.39, 0.29) is 29.8 Å². The Morgan fingerprint density at radius 1 is 1.50 bits per heavy atom. The van der Waals surface area contributed by atoms with E-state index in [4.69, 9.17) is 5.73 Å². The van der Waals surface area contributed by atoms with Crippen molar-refractivity contribution in [1.82, 2.24) is 10.2 Å². The van der Waals surface area contributed by atoms with Gasteiger partial charge in [-0.2, -0.15) is 0 Å². The van der Waals surface area contributed by atoms with Gasteiger partial charge in [0.25, 0.3) is 0 Å². The number of likely N-dealkylation sites (N-methyl/N-ethyl adjacent to an activating group) is 1. The predicted octanol–water partition coefficient (Wildman–Crippen LogP) is -0.539. The Morgan fingerprint density at radius 2 is 2.25 bits per heavy atom. The normalized spacial score (nSPS) is 34.5. The van der Waals surface area contributed by atoms with E-state index in [0.717, 1.165) is 19.3 Å².